The predicted octanol–water partition coefficient (Wildman–Crippen LogP) is 3.67. The van der Waals surface area contributed by atoms with Crippen molar-refractivity contribution in [3.05, 3.63) is 67.3 Å². The summed E-state index contributed by atoms with van der Waals surface area (Å²) < 4.78 is 5.48. The van der Waals surface area contributed by atoms with E-state index in [0.29, 0.717) is 0 Å². The van der Waals surface area contributed by atoms with Gasteiger partial charge in [0.25, 0.3) is 0 Å². The maximum atomic E-state index is 5.48. The van der Waals surface area contributed by atoms with E-state index in [0.717, 1.165) is 59.8 Å². The van der Waals surface area contributed by atoms with Crippen molar-refractivity contribution in [3.63, 3.8) is 0 Å². The van der Waals surface area contributed by atoms with Crippen LogP contribution in [-0.2, 0) is 4.74 Å². The Labute approximate surface area is 168 Å². The first-order chi connectivity index (χ1) is 14.4. The molecule has 0 bridgehead atoms. The standard InChI is InChI=1S/C22H20N6O/c1-2-16(12-19(3-1)28-8-10-29-11-9-28)17-4-5-21-20(13-17)22(24-15-23-21)27-18-6-7-25-26-14-18/h1-7,12-15H,8-11H2,(H,23,24,25,27). The zero-order chi connectivity index (χ0) is 19.5. The topological polar surface area (TPSA) is 76.1 Å². The number of hydrogen-bond acceptors (Lipinski definition) is 7. The Morgan fingerprint density at radius 1 is 0.897 bits per heavy atom. The van der Waals surface area contributed by atoms with Crippen LogP contribution >= 0.6 is 0 Å². The highest BCUT2D eigenvalue weighted by molar-refractivity contribution is 5.94. The maximum Gasteiger partial charge on any atom is 0.141 e. The third-order valence-corrected chi connectivity index (χ3v) is 5.04. The van der Waals surface area contributed by atoms with Gasteiger partial charge in [-0.25, -0.2) is 9.97 Å². The number of aromatic nitrogens is 4. The molecule has 0 spiro atoms. The lowest BCUT2D eigenvalue weighted by Crippen LogP contribution is -2.36. The smallest absolute Gasteiger partial charge is 0.141 e. The molecule has 1 fully saturated rings. The Hall–Kier alpha value is -3.58. The molecule has 0 atom stereocenters. The van der Waals surface area contributed by atoms with Crippen LogP contribution in [0.5, 0.6) is 0 Å². The van der Waals surface area contributed by atoms with Crippen molar-refractivity contribution in [2.24, 2.45) is 0 Å². The second-order valence-electron chi connectivity index (χ2n) is 6.86. The second-order valence-corrected chi connectivity index (χ2v) is 6.86. The van der Waals surface area contributed by atoms with Gasteiger partial charge in [-0.3, -0.25) is 0 Å². The number of benzene rings is 2. The first kappa shape index (κ1) is 17.5. The number of anilines is 3. The second kappa shape index (κ2) is 7.81. The van der Waals surface area contributed by atoms with Crippen molar-refractivity contribution in [3.8, 4) is 11.1 Å². The number of rotatable bonds is 4. The minimum Gasteiger partial charge on any atom is -0.378 e. The molecule has 1 saturated heterocycles. The molecule has 144 valence electrons. The van der Waals surface area contributed by atoms with Crippen LogP contribution < -0.4 is 10.2 Å². The van der Waals surface area contributed by atoms with Crippen LogP contribution in [0.4, 0.5) is 17.2 Å². The summed E-state index contributed by atoms with van der Waals surface area (Å²) in [7, 11) is 0. The fraction of sp³-hybridized carbons (Fsp3) is 0.182. The molecule has 2 aromatic carbocycles. The van der Waals surface area contributed by atoms with Crippen LogP contribution in [0.2, 0.25) is 0 Å². The largest absolute Gasteiger partial charge is 0.378 e. The average molecular weight is 384 g/mol. The highest BCUT2D eigenvalue weighted by Gasteiger charge is 2.12. The molecule has 7 heteroatoms. The molecule has 1 aliphatic rings. The van der Waals surface area contributed by atoms with Crippen molar-refractivity contribution in [1.29, 1.82) is 0 Å². The van der Waals surface area contributed by atoms with Crippen LogP contribution in [0.1, 0.15) is 0 Å². The Bertz CT molecular complexity index is 1130. The number of hydrogen-bond donors (Lipinski definition) is 1. The molecule has 7 nitrogen and oxygen atoms in total. The molecular weight excluding hydrogens is 364 g/mol. The van der Waals surface area contributed by atoms with Crippen LogP contribution in [-0.4, -0.2) is 46.5 Å². The minimum absolute atomic E-state index is 0.745. The fourth-order valence-corrected chi connectivity index (χ4v) is 3.54. The molecule has 0 aliphatic carbocycles. The van der Waals surface area contributed by atoms with E-state index in [9.17, 15) is 0 Å². The van der Waals surface area contributed by atoms with Crippen LogP contribution in [0.3, 0.4) is 0 Å². The molecule has 5 rings (SSSR count). The number of ether oxygens (including phenoxy) is 1. The Morgan fingerprint density at radius 3 is 2.66 bits per heavy atom. The first-order valence-electron chi connectivity index (χ1n) is 9.58. The summed E-state index contributed by atoms with van der Waals surface area (Å²) in [5, 5.41) is 12.0. The fourth-order valence-electron chi connectivity index (χ4n) is 3.54. The van der Waals surface area contributed by atoms with E-state index >= 15 is 0 Å². The summed E-state index contributed by atoms with van der Waals surface area (Å²) in [6.45, 7) is 3.39. The first-order valence-corrected chi connectivity index (χ1v) is 9.58. The number of morpholine rings is 1. The van der Waals surface area contributed by atoms with Gasteiger partial charge in [0, 0.05) is 24.2 Å². The van der Waals surface area contributed by atoms with E-state index in [1.165, 1.54) is 5.69 Å². The summed E-state index contributed by atoms with van der Waals surface area (Å²) in [5.74, 6) is 0.745. The van der Waals surface area contributed by atoms with Crippen molar-refractivity contribution in [2.75, 3.05) is 36.5 Å². The molecule has 29 heavy (non-hydrogen) atoms. The summed E-state index contributed by atoms with van der Waals surface area (Å²) >= 11 is 0. The molecule has 4 aromatic rings. The van der Waals surface area contributed by atoms with Gasteiger partial charge in [-0.05, 0) is 41.5 Å². The minimum atomic E-state index is 0.745. The van der Waals surface area contributed by atoms with Crippen molar-refractivity contribution in [2.45, 2.75) is 0 Å². The van der Waals surface area contributed by atoms with Gasteiger partial charge in [0.2, 0.25) is 0 Å². The molecule has 2 aromatic heterocycles. The van der Waals surface area contributed by atoms with Crippen LogP contribution in [0, 0.1) is 0 Å². The molecule has 3 heterocycles. The lowest BCUT2D eigenvalue weighted by molar-refractivity contribution is 0.122. The Kier molecular flexibility index (Phi) is 4.72. The summed E-state index contributed by atoms with van der Waals surface area (Å²) in [5.41, 5.74) is 5.23. The zero-order valence-electron chi connectivity index (χ0n) is 15.8. The van der Waals surface area contributed by atoms with Gasteiger partial charge in [0.05, 0.1) is 36.8 Å². The number of nitrogens with zero attached hydrogens (tertiary/aromatic N) is 5. The normalized spacial score (nSPS) is 14.1. The quantitative estimate of drug-likeness (QED) is 0.575. The van der Waals surface area contributed by atoms with Gasteiger partial charge >= 0.3 is 0 Å². The van der Waals surface area contributed by atoms with Gasteiger partial charge < -0.3 is 15.0 Å². The average Bonchev–Trinajstić information content (AvgIpc) is 2.80. The van der Waals surface area contributed by atoms with Gasteiger partial charge in [-0.2, -0.15) is 10.2 Å². The lowest BCUT2D eigenvalue weighted by atomic mass is 10.0. The summed E-state index contributed by atoms with van der Waals surface area (Å²) in [6, 6.07) is 16.7. The summed E-state index contributed by atoms with van der Waals surface area (Å²) in [4.78, 5) is 11.2. The van der Waals surface area contributed by atoms with Crippen molar-refractivity contribution in [1.82, 2.24) is 20.2 Å². The number of fused-ring (bicyclic) bond motifs is 1. The van der Waals surface area contributed by atoms with Gasteiger partial charge in [-0.1, -0.05) is 18.2 Å². The third-order valence-electron chi connectivity index (χ3n) is 5.04. The number of nitrogens with one attached hydrogen (secondary N) is 1. The van der Waals surface area contributed by atoms with E-state index in [2.05, 4.69) is 66.8 Å². The lowest BCUT2D eigenvalue weighted by Gasteiger charge is -2.29. The van der Waals surface area contributed by atoms with E-state index in [1.807, 2.05) is 12.1 Å². The van der Waals surface area contributed by atoms with Crippen LogP contribution in [0.25, 0.3) is 22.0 Å². The van der Waals surface area contributed by atoms with E-state index < -0.39 is 0 Å². The molecule has 1 N–H and O–H groups in total. The zero-order valence-corrected chi connectivity index (χ0v) is 15.8. The van der Waals surface area contributed by atoms with Gasteiger partial charge in [0.1, 0.15) is 12.1 Å². The molecule has 1 aliphatic heterocycles. The van der Waals surface area contributed by atoms with Gasteiger partial charge in [-0.15, -0.1) is 0 Å². The monoisotopic (exact) mass is 384 g/mol. The molecule has 0 radical (unpaired) electrons. The highest BCUT2D eigenvalue weighted by Crippen LogP contribution is 2.30. The molecule has 0 saturated carbocycles. The Morgan fingerprint density at radius 2 is 1.79 bits per heavy atom. The van der Waals surface area contributed by atoms with Crippen molar-refractivity contribution >= 4 is 28.1 Å². The van der Waals surface area contributed by atoms with E-state index in [4.69, 9.17) is 4.74 Å². The molecule has 0 unspecified atom stereocenters. The van der Waals surface area contributed by atoms with Gasteiger partial charge in [0.15, 0.2) is 0 Å². The third kappa shape index (κ3) is 3.72. The van der Waals surface area contributed by atoms with E-state index in [-0.39, 0.29) is 0 Å². The SMILES string of the molecule is c1cc(-c2ccc3ncnc(Nc4ccnnc4)c3c2)cc(N2CCOCC2)c1. The van der Waals surface area contributed by atoms with Crippen LogP contribution in [0.15, 0.2) is 67.3 Å². The summed E-state index contributed by atoms with van der Waals surface area (Å²) in [6.07, 6.45) is 4.88. The Balaban J connectivity index is 1.52. The molecular formula is C22H20N6O. The molecule has 0 amide bonds. The van der Waals surface area contributed by atoms with Crippen molar-refractivity contribution < 1.29 is 4.74 Å². The maximum absolute atomic E-state index is 5.48. The van der Waals surface area contributed by atoms with E-state index in [1.54, 1.807) is 18.7 Å². The predicted molar refractivity (Wildman–Crippen MR) is 113 cm³/mol. The highest BCUT2D eigenvalue weighted by atomic mass is 16.5.